The lowest BCUT2D eigenvalue weighted by Gasteiger charge is -2.19. The molecule has 0 aromatic heterocycles. The second-order valence-electron chi connectivity index (χ2n) is 4.91. The van der Waals surface area contributed by atoms with E-state index in [0.717, 1.165) is 18.4 Å². The van der Waals surface area contributed by atoms with Gasteiger partial charge in [-0.05, 0) is 37.0 Å². The molecular weight excluding hydrogens is 230 g/mol. The Balaban J connectivity index is 1.97. The molecule has 0 bridgehead atoms. The van der Waals surface area contributed by atoms with Gasteiger partial charge in [0.2, 0.25) is 0 Å². The Morgan fingerprint density at radius 3 is 2.44 bits per heavy atom. The van der Waals surface area contributed by atoms with E-state index in [1.165, 1.54) is 12.8 Å². The molecule has 0 amide bonds. The van der Waals surface area contributed by atoms with E-state index in [9.17, 15) is 15.0 Å². The van der Waals surface area contributed by atoms with Crippen LogP contribution in [-0.4, -0.2) is 28.3 Å². The average molecular weight is 249 g/mol. The summed E-state index contributed by atoms with van der Waals surface area (Å²) in [5, 5.41) is 21.7. The lowest BCUT2D eigenvalue weighted by molar-refractivity contribution is -0.139. The van der Waals surface area contributed by atoms with Crippen LogP contribution in [-0.2, 0) is 11.2 Å². The maximum atomic E-state index is 11.2. The number of rotatable bonds is 5. The summed E-state index contributed by atoms with van der Waals surface area (Å²) in [6.07, 6.45) is 4.96. The van der Waals surface area contributed by atoms with Gasteiger partial charge in [-0.3, -0.25) is 4.79 Å². The minimum atomic E-state index is -0.810. The molecule has 1 atom stereocenters. The van der Waals surface area contributed by atoms with Crippen LogP contribution in [0.25, 0.3) is 0 Å². The zero-order valence-corrected chi connectivity index (χ0v) is 10.3. The van der Waals surface area contributed by atoms with Crippen LogP contribution in [0.5, 0.6) is 5.75 Å². The van der Waals surface area contributed by atoms with Crippen LogP contribution in [0.2, 0.25) is 0 Å². The van der Waals surface area contributed by atoms with Gasteiger partial charge in [0.1, 0.15) is 11.8 Å². The first-order valence-corrected chi connectivity index (χ1v) is 6.42. The molecule has 0 aliphatic heterocycles. The van der Waals surface area contributed by atoms with Crippen molar-refractivity contribution >= 4 is 5.97 Å². The van der Waals surface area contributed by atoms with Crippen molar-refractivity contribution in [2.75, 3.05) is 0 Å². The highest BCUT2D eigenvalue weighted by molar-refractivity contribution is 5.74. The summed E-state index contributed by atoms with van der Waals surface area (Å²) in [4.78, 5) is 11.2. The summed E-state index contributed by atoms with van der Waals surface area (Å²) >= 11 is 0. The van der Waals surface area contributed by atoms with Gasteiger partial charge in [-0.15, -0.1) is 0 Å². The van der Waals surface area contributed by atoms with Crippen molar-refractivity contribution in [1.29, 1.82) is 0 Å². The minimum Gasteiger partial charge on any atom is -0.508 e. The second kappa shape index (κ2) is 5.87. The van der Waals surface area contributed by atoms with Gasteiger partial charge in [0.05, 0.1) is 0 Å². The monoisotopic (exact) mass is 249 g/mol. The Morgan fingerprint density at radius 1 is 1.28 bits per heavy atom. The number of hydrogen-bond acceptors (Lipinski definition) is 3. The van der Waals surface area contributed by atoms with Crippen molar-refractivity contribution in [2.24, 2.45) is 0 Å². The van der Waals surface area contributed by atoms with Crippen LogP contribution < -0.4 is 5.32 Å². The number of carbonyl (C=O) groups is 1. The molecule has 4 nitrogen and oxygen atoms in total. The first kappa shape index (κ1) is 12.9. The molecule has 18 heavy (non-hydrogen) atoms. The molecule has 0 saturated heterocycles. The Hall–Kier alpha value is -1.55. The summed E-state index contributed by atoms with van der Waals surface area (Å²) < 4.78 is 0. The molecule has 0 heterocycles. The molecule has 1 aromatic carbocycles. The highest BCUT2D eigenvalue weighted by Crippen LogP contribution is 2.19. The van der Waals surface area contributed by atoms with E-state index in [1.807, 2.05) is 0 Å². The van der Waals surface area contributed by atoms with E-state index in [-0.39, 0.29) is 5.75 Å². The minimum absolute atomic E-state index is 0.203. The van der Waals surface area contributed by atoms with Gasteiger partial charge in [0.15, 0.2) is 0 Å². The number of phenols is 1. The number of hydrogen-bond donors (Lipinski definition) is 3. The number of carboxylic acids is 1. The normalized spacial score (nSPS) is 17.8. The fourth-order valence-electron chi connectivity index (χ4n) is 2.46. The molecule has 0 radical (unpaired) electrons. The van der Waals surface area contributed by atoms with Crippen LogP contribution >= 0.6 is 0 Å². The molecule has 4 heteroatoms. The van der Waals surface area contributed by atoms with Crippen molar-refractivity contribution in [1.82, 2.24) is 5.32 Å². The van der Waals surface area contributed by atoms with Gasteiger partial charge >= 0.3 is 5.97 Å². The molecule has 1 unspecified atom stereocenters. The third-order valence-electron chi connectivity index (χ3n) is 3.47. The van der Waals surface area contributed by atoms with E-state index >= 15 is 0 Å². The Kier molecular flexibility index (Phi) is 4.20. The molecule has 3 N–H and O–H groups in total. The molecule has 2 rings (SSSR count). The lowest BCUT2D eigenvalue weighted by atomic mass is 10.0. The first-order chi connectivity index (χ1) is 8.65. The van der Waals surface area contributed by atoms with E-state index in [0.29, 0.717) is 12.5 Å². The van der Waals surface area contributed by atoms with Gasteiger partial charge in [-0.25, -0.2) is 0 Å². The highest BCUT2D eigenvalue weighted by Gasteiger charge is 2.23. The van der Waals surface area contributed by atoms with Gasteiger partial charge in [0.25, 0.3) is 0 Å². The maximum Gasteiger partial charge on any atom is 0.321 e. The Labute approximate surface area is 107 Å². The number of nitrogens with one attached hydrogen (secondary N) is 1. The van der Waals surface area contributed by atoms with Crippen LogP contribution in [0.1, 0.15) is 31.2 Å². The topological polar surface area (TPSA) is 69.6 Å². The molecule has 0 spiro atoms. The van der Waals surface area contributed by atoms with Crippen LogP contribution in [0.15, 0.2) is 24.3 Å². The van der Waals surface area contributed by atoms with Crippen molar-refractivity contribution in [3.63, 3.8) is 0 Å². The van der Waals surface area contributed by atoms with Gasteiger partial charge in [-0.1, -0.05) is 25.0 Å². The summed E-state index contributed by atoms with van der Waals surface area (Å²) in [7, 11) is 0. The molecule has 98 valence electrons. The quantitative estimate of drug-likeness (QED) is 0.745. The van der Waals surface area contributed by atoms with Crippen molar-refractivity contribution in [3.8, 4) is 5.75 Å². The largest absolute Gasteiger partial charge is 0.508 e. The van der Waals surface area contributed by atoms with Crippen LogP contribution in [0, 0.1) is 0 Å². The van der Waals surface area contributed by atoms with E-state index in [4.69, 9.17) is 0 Å². The van der Waals surface area contributed by atoms with Gasteiger partial charge in [-0.2, -0.15) is 0 Å². The summed E-state index contributed by atoms with van der Waals surface area (Å²) in [6, 6.07) is 6.50. The number of benzene rings is 1. The SMILES string of the molecule is O=C(O)C(Cc1ccc(O)cc1)NC1CCCC1. The molecule has 1 aromatic rings. The van der Waals surface area contributed by atoms with Crippen molar-refractivity contribution in [3.05, 3.63) is 29.8 Å². The fourth-order valence-corrected chi connectivity index (χ4v) is 2.46. The van der Waals surface area contributed by atoms with Crippen LogP contribution in [0.3, 0.4) is 0 Å². The number of aliphatic carboxylic acids is 1. The van der Waals surface area contributed by atoms with Gasteiger partial charge < -0.3 is 15.5 Å². The van der Waals surface area contributed by atoms with E-state index in [2.05, 4.69) is 5.32 Å². The zero-order chi connectivity index (χ0) is 13.0. The summed E-state index contributed by atoms with van der Waals surface area (Å²) in [6.45, 7) is 0. The molecular formula is C14H19NO3. The highest BCUT2D eigenvalue weighted by atomic mass is 16.4. The predicted molar refractivity (Wildman–Crippen MR) is 68.6 cm³/mol. The molecule has 1 fully saturated rings. The summed E-state index contributed by atoms with van der Waals surface area (Å²) in [5.41, 5.74) is 0.922. The second-order valence-corrected chi connectivity index (χ2v) is 4.91. The van der Waals surface area contributed by atoms with Crippen molar-refractivity contribution < 1.29 is 15.0 Å². The lowest BCUT2D eigenvalue weighted by Crippen LogP contribution is -2.43. The van der Waals surface area contributed by atoms with Crippen molar-refractivity contribution in [2.45, 2.75) is 44.2 Å². The number of phenolic OH excluding ortho intramolecular Hbond substituents is 1. The van der Waals surface area contributed by atoms with E-state index < -0.39 is 12.0 Å². The predicted octanol–water partition coefficient (Wildman–Crippen LogP) is 1.92. The average Bonchev–Trinajstić information content (AvgIpc) is 2.84. The molecule has 1 saturated carbocycles. The standard InChI is InChI=1S/C14H19NO3/c16-12-7-5-10(6-8-12)9-13(14(17)18)15-11-3-1-2-4-11/h5-8,11,13,15-16H,1-4,9H2,(H,17,18). The Bertz CT molecular complexity index is 396. The molecule has 1 aliphatic rings. The molecule has 1 aliphatic carbocycles. The smallest absolute Gasteiger partial charge is 0.321 e. The third kappa shape index (κ3) is 3.47. The number of aromatic hydroxyl groups is 1. The van der Waals surface area contributed by atoms with E-state index in [1.54, 1.807) is 24.3 Å². The first-order valence-electron chi connectivity index (χ1n) is 6.42. The Morgan fingerprint density at radius 2 is 1.89 bits per heavy atom. The van der Waals surface area contributed by atoms with Crippen LogP contribution in [0.4, 0.5) is 0 Å². The summed E-state index contributed by atoms with van der Waals surface area (Å²) in [5.74, 6) is -0.607. The number of carboxylic acid groups (broad SMARTS) is 1. The fraction of sp³-hybridized carbons (Fsp3) is 0.500. The maximum absolute atomic E-state index is 11.2. The van der Waals surface area contributed by atoms with Gasteiger partial charge in [0, 0.05) is 6.04 Å². The third-order valence-corrected chi connectivity index (χ3v) is 3.47. The zero-order valence-electron chi connectivity index (χ0n) is 10.3.